The Hall–Kier alpha value is -2.95. The second kappa shape index (κ2) is 7.97. The number of benzene rings is 1. The van der Waals surface area contributed by atoms with E-state index in [0.717, 1.165) is 24.3 Å². The van der Waals surface area contributed by atoms with Crippen LogP contribution in [0.15, 0.2) is 52.2 Å². The second-order valence-electron chi connectivity index (χ2n) is 5.36. The van der Waals surface area contributed by atoms with Crippen molar-refractivity contribution in [2.75, 3.05) is 11.1 Å². The zero-order valence-electron chi connectivity index (χ0n) is 13.8. The van der Waals surface area contributed by atoms with E-state index in [0.29, 0.717) is 11.8 Å². The Bertz CT molecular complexity index is 993. The molecule has 0 saturated heterocycles. The van der Waals surface area contributed by atoms with Gasteiger partial charge in [-0.2, -0.15) is 13.2 Å². The van der Waals surface area contributed by atoms with Crippen LogP contribution in [0.5, 0.6) is 0 Å². The van der Waals surface area contributed by atoms with Gasteiger partial charge in [-0.05, 0) is 30.3 Å². The number of halogens is 5. The number of amides is 1. The first-order valence-electron chi connectivity index (χ1n) is 7.60. The van der Waals surface area contributed by atoms with Crippen molar-refractivity contribution in [1.29, 1.82) is 0 Å². The number of thioether (sulfide) groups is 1. The molecule has 0 unspecified atom stereocenters. The van der Waals surface area contributed by atoms with Gasteiger partial charge in [0, 0.05) is 11.8 Å². The van der Waals surface area contributed by atoms with E-state index < -0.39 is 29.4 Å². The molecule has 0 aliphatic heterocycles. The van der Waals surface area contributed by atoms with Crippen molar-refractivity contribution >= 4 is 23.4 Å². The van der Waals surface area contributed by atoms with Crippen LogP contribution in [0.25, 0.3) is 11.5 Å². The molecular weight excluding hydrogens is 405 g/mol. The van der Waals surface area contributed by atoms with Crippen molar-refractivity contribution in [3.63, 3.8) is 0 Å². The van der Waals surface area contributed by atoms with Crippen LogP contribution >= 0.6 is 11.8 Å². The summed E-state index contributed by atoms with van der Waals surface area (Å²) >= 11 is 0.653. The SMILES string of the molecule is O=C(CSc1nc(-c2ccco2)cc(C(F)(F)F)n1)Nc1ccc(F)c(F)c1. The predicted molar refractivity (Wildman–Crippen MR) is 90.4 cm³/mol. The number of carbonyl (C=O) groups is 1. The molecule has 2 aromatic heterocycles. The monoisotopic (exact) mass is 415 g/mol. The van der Waals surface area contributed by atoms with Gasteiger partial charge in [0.05, 0.1) is 12.0 Å². The molecule has 0 saturated carbocycles. The first-order chi connectivity index (χ1) is 13.2. The summed E-state index contributed by atoms with van der Waals surface area (Å²) < 4.78 is 70.3. The van der Waals surface area contributed by atoms with Crippen LogP contribution in [0.2, 0.25) is 0 Å². The maximum atomic E-state index is 13.1. The minimum Gasteiger partial charge on any atom is -0.463 e. The van der Waals surface area contributed by atoms with Gasteiger partial charge in [0.2, 0.25) is 5.91 Å². The van der Waals surface area contributed by atoms with Crippen molar-refractivity contribution in [3.05, 3.63) is 60.0 Å². The summed E-state index contributed by atoms with van der Waals surface area (Å²) in [5.41, 5.74) is -1.26. The molecule has 2 heterocycles. The smallest absolute Gasteiger partial charge is 0.433 e. The van der Waals surface area contributed by atoms with Crippen molar-refractivity contribution in [3.8, 4) is 11.5 Å². The van der Waals surface area contributed by atoms with E-state index in [4.69, 9.17) is 4.42 Å². The summed E-state index contributed by atoms with van der Waals surface area (Å²) in [6, 6.07) is 6.44. The van der Waals surface area contributed by atoms with Crippen molar-refractivity contribution in [2.45, 2.75) is 11.3 Å². The maximum absolute atomic E-state index is 13.1. The van der Waals surface area contributed by atoms with Gasteiger partial charge in [0.25, 0.3) is 0 Å². The standard InChI is InChI=1S/C17H10F5N3O2S/c18-10-4-3-9(6-11(10)19)23-15(26)8-28-16-24-12(13-2-1-5-27-13)7-14(25-16)17(20,21)22/h1-7H,8H2,(H,23,26). The fraction of sp³-hybridized carbons (Fsp3) is 0.118. The third-order valence-electron chi connectivity index (χ3n) is 3.31. The maximum Gasteiger partial charge on any atom is 0.433 e. The van der Waals surface area contributed by atoms with Crippen LogP contribution in [0, 0.1) is 11.6 Å². The lowest BCUT2D eigenvalue weighted by Crippen LogP contribution is -2.15. The molecule has 28 heavy (non-hydrogen) atoms. The number of anilines is 1. The Labute approximate surface area is 159 Å². The van der Waals surface area contributed by atoms with E-state index in [1.807, 2.05) is 0 Å². The minimum absolute atomic E-state index is 0.00531. The summed E-state index contributed by atoms with van der Waals surface area (Å²) in [4.78, 5) is 19.3. The molecule has 1 aromatic carbocycles. The van der Waals surface area contributed by atoms with Crippen molar-refractivity contribution in [2.24, 2.45) is 0 Å². The summed E-state index contributed by atoms with van der Waals surface area (Å²) in [6.45, 7) is 0. The lowest BCUT2D eigenvalue weighted by atomic mass is 10.2. The average Bonchev–Trinajstić information content (AvgIpc) is 3.17. The highest BCUT2D eigenvalue weighted by Crippen LogP contribution is 2.32. The van der Waals surface area contributed by atoms with E-state index in [2.05, 4.69) is 15.3 Å². The van der Waals surface area contributed by atoms with Gasteiger partial charge >= 0.3 is 6.18 Å². The molecule has 3 rings (SSSR count). The van der Waals surface area contributed by atoms with Gasteiger partial charge in [-0.3, -0.25) is 4.79 Å². The Morgan fingerprint density at radius 3 is 2.54 bits per heavy atom. The van der Waals surface area contributed by atoms with Crippen LogP contribution in [0.3, 0.4) is 0 Å². The fourth-order valence-electron chi connectivity index (χ4n) is 2.09. The number of nitrogens with zero attached hydrogens (tertiary/aromatic N) is 2. The Morgan fingerprint density at radius 1 is 1.11 bits per heavy atom. The van der Waals surface area contributed by atoms with Crippen LogP contribution in [-0.4, -0.2) is 21.6 Å². The van der Waals surface area contributed by atoms with E-state index >= 15 is 0 Å². The lowest BCUT2D eigenvalue weighted by Gasteiger charge is -2.09. The summed E-state index contributed by atoms with van der Waals surface area (Å²) in [6.07, 6.45) is -3.43. The third-order valence-corrected chi connectivity index (χ3v) is 4.15. The Morgan fingerprint density at radius 2 is 1.89 bits per heavy atom. The third kappa shape index (κ3) is 4.85. The molecule has 11 heteroatoms. The number of carbonyl (C=O) groups excluding carboxylic acids is 1. The number of nitrogens with one attached hydrogen (secondary N) is 1. The molecule has 0 radical (unpaired) electrons. The van der Waals surface area contributed by atoms with Crippen LogP contribution in [0.1, 0.15) is 5.69 Å². The van der Waals surface area contributed by atoms with Crippen LogP contribution in [0.4, 0.5) is 27.6 Å². The summed E-state index contributed by atoms with van der Waals surface area (Å²) in [7, 11) is 0. The van der Waals surface area contributed by atoms with E-state index in [1.165, 1.54) is 18.4 Å². The van der Waals surface area contributed by atoms with Crippen molar-refractivity contribution in [1.82, 2.24) is 9.97 Å². The summed E-state index contributed by atoms with van der Waals surface area (Å²) in [5, 5.41) is 2.01. The molecule has 3 aromatic rings. The van der Waals surface area contributed by atoms with E-state index in [1.54, 1.807) is 0 Å². The number of hydrogen-bond acceptors (Lipinski definition) is 5. The number of rotatable bonds is 5. The second-order valence-corrected chi connectivity index (χ2v) is 6.30. The van der Waals surface area contributed by atoms with E-state index in [9.17, 15) is 26.7 Å². The molecule has 5 nitrogen and oxygen atoms in total. The van der Waals surface area contributed by atoms with Crippen LogP contribution < -0.4 is 5.32 Å². The van der Waals surface area contributed by atoms with Gasteiger partial charge in [-0.25, -0.2) is 18.7 Å². The van der Waals surface area contributed by atoms with Gasteiger partial charge in [-0.15, -0.1) is 0 Å². The fourth-order valence-corrected chi connectivity index (χ4v) is 2.74. The predicted octanol–water partition coefficient (Wildman–Crippen LogP) is 4.76. The molecule has 146 valence electrons. The van der Waals surface area contributed by atoms with Gasteiger partial charge in [0.15, 0.2) is 22.6 Å². The molecule has 0 fully saturated rings. The Kier molecular flexibility index (Phi) is 5.63. The number of hydrogen-bond donors (Lipinski definition) is 1. The van der Waals surface area contributed by atoms with Gasteiger partial charge in [-0.1, -0.05) is 11.8 Å². The average molecular weight is 415 g/mol. The molecule has 1 amide bonds. The first-order valence-corrected chi connectivity index (χ1v) is 8.59. The molecule has 0 spiro atoms. The molecule has 0 bridgehead atoms. The summed E-state index contributed by atoms with van der Waals surface area (Å²) in [5.74, 6) is -3.11. The molecule has 0 atom stereocenters. The highest BCUT2D eigenvalue weighted by molar-refractivity contribution is 7.99. The van der Waals surface area contributed by atoms with Gasteiger partial charge in [0.1, 0.15) is 11.4 Å². The largest absolute Gasteiger partial charge is 0.463 e. The topological polar surface area (TPSA) is 68.0 Å². The molecule has 0 aliphatic carbocycles. The normalized spacial score (nSPS) is 11.5. The van der Waals surface area contributed by atoms with Crippen molar-refractivity contribution < 1.29 is 31.2 Å². The molecule has 0 aliphatic rings. The van der Waals surface area contributed by atoms with Crippen LogP contribution in [-0.2, 0) is 11.0 Å². The van der Waals surface area contributed by atoms with Gasteiger partial charge < -0.3 is 9.73 Å². The van der Waals surface area contributed by atoms with E-state index in [-0.39, 0.29) is 28.1 Å². The first kappa shape index (κ1) is 19.8. The quantitative estimate of drug-likeness (QED) is 0.370. The molecule has 1 N–H and O–H groups in total. The number of aromatic nitrogens is 2. The zero-order valence-corrected chi connectivity index (χ0v) is 14.6. The zero-order chi connectivity index (χ0) is 20.3. The number of furan rings is 1. The Balaban J connectivity index is 1.75. The highest BCUT2D eigenvalue weighted by atomic mass is 32.2. The number of alkyl halides is 3. The minimum atomic E-state index is -4.71. The molecular formula is C17H10F5N3O2S. The highest BCUT2D eigenvalue weighted by Gasteiger charge is 2.34. The lowest BCUT2D eigenvalue weighted by molar-refractivity contribution is -0.141.